The maximum absolute atomic E-state index is 12.0. The van der Waals surface area contributed by atoms with Crippen molar-refractivity contribution in [3.63, 3.8) is 0 Å². The summed E-state index contributed by atoms with van der Waals surface area (Å²) in [6, 6.07) is -1.04. The molecule has 1 atom stereocenters. The lowest BCUT2D eigenvalue weighted by Crippen LogP contribution is -2.48. The first kappa shape index (κ1) is 16.2. The van der Waals surface area contributed by atoms with Crippen LogP contribution in [-0.4, -0.2) is 78.8 Å². The van der Waals surface area contributed by atoms with E-state index in [-0.39, 0.29) is 12.6 Å². The maximum Gasteiger partial charge on any atom is 0.328 e. The number of urea groups is 1. The first-order valence-electron chi connectivity index (χ1n) is 6.51. The number of hydrogen-bond donors (Lipinski definition) is 2. The average Bonchev–Trinajstić information content (AvgIpc) is 2.62. The summed E-state index contributed by atoms with van der Waals surface area (Å²) in [4.78, 5) is 37.3. The molecule has 8 nitrogen and oxygen atoms in total. The van der Waals surface area contributed by atoms with Crippen LogP contribution in [0.25, 0.3) is 0 Å². The number of aliphatic carboxylic acids is 1. The van der Waals surface area contributed by atoms with Gasteiger partial charge >= 0.3 is 18.0 Å². The molecular weight excluding hydrogens is 266 g/mol. The summed E-state index contributed by atoms with van der Waals surface area (Å²) in [7, 11) is 1.26. The van der Waals surface area contributed by atoms with E-state index in [0.717, 1.165) is 0 Å². The van der Waals surface area contributed by atoms with Crippen molar-refractivity contribution in [2.75, 3.05) is 39.8 Å². The van der Waals surface area contributed by atoms with Gasteiger partial charge in [-0.05, 0) is 13.3 Å². The number of amides is 2. The van der Waals surface area contributed by atoms with Crippen LogP contribution in [0.5, 0.6) is 0 Å². The Bertz CT molecular complexity index is 374. The molecule has 1 unspecified atom stereocenters. The highest BCUT2D eigenvalue weighted by atomic mass is 16.5. The maximum atomic E-state index is 12.0. The molecule has 0 aromatic rings. The van der Waals surface area contributed by atoms with E-state index in [1.54, 1.807) is 16.7 Å². The largest absolute Gasteiger partial charge is 0.480 e. The van der Waals surface area contributed by atoms with E-state index in [0.29, 0.717) is 32.6 Å². The minimum absolute atomic E-state index is 0.0198. The number of ether oxygens (including phenoxy) is 1. The van der Waals surface area contributed by atoms with Crippen molar-refractivity contribution in [3.05, 3.63) is 0 Å². The standard InChI is InChI=1S/C12H21N3O5/c1-9(11(18)20-2)13-12(19)15-5-3-4-14(6-7-15)8-10(16)17/h9H,3-8H2,1-2H3,(H,13,19)(H,16,17). The van der Waals surface area contributed by atoms with Crippen LogP contribution < -0.4 is 5.32 Å². The molecule has 1 heterocycles. The van der Waals surface area contributed by atoms with Crippen LogP contribution in [0.4, 0.5) is 4.79 Å². The molecular formula is C12H21N3O5. The van der Waals surface area contributed by atoms with Gasteiger partial charge in [-0.25, -0.2) is 9.59 Å². The molecule has 114 valence electrons. The Kier molecular flexibility index (Phi) is 6.23. The number of esters is 1. The van der Waals surface area contributed by atoms with Gasteiger partial charge in [0.25, 0.3) is 0 Å². The van der Waals surface area contributed by atoms with Gasteiger partial charge in [0.2, 0.25) is 0 Å². The summed E-state index contributed by atoms with van der Waals surface area (Å²) in [5.74, 6) is -1.37. The molecule has 0 aromatic carbocycles. The highest BCUT2D eigenvalue weighted by Crippen LogP contribution is 2.03. The smallest absolute Gasteiger partial charge is 0.328 e. The quantitative estimate of drug-likeness (QED) is 0.667. The van der Waals surface area contributed by atoms with Gasteiger partial charge in [-0.3, -0.25) is 9.69 Å². The Balaban J connectivity index is 2.46. The first-order chi connectivity index (χ1) is 9.43. The van der Waals surface area contributed by atoms with Crippen LogP contribution in [0, 0.1) is 0 Å². The molecule has 2 amide bonds. The second-order valence-electron chi connectivity index (χ2n) is 4.70. The lowest BCUT2D eigenvalue weighted by molar-refractivity contribution is -0.142. The minimum atomic E-state index is -0.873. The highest BCUT2D eigenvalue weighted by molar-refractivity contribution is 5.83. The fourth-order valence-electron chi connectivity index (χ4n) is 2.04. The third kappa shape index (κ3) is 5.04. The van der Waals surface area contributed by atoms with Crippen LogP contribution in [0.3, 0.4) is 0 Å². The third-order valence-electron chi connectivity index (χ3n) is 3.13. The highest BCUT2D eigenvalue weighted by Gasteiger charge is 2.23. The molecule has 1 fully saturated rings. The van der Waals surface area contributed by atoms with Crippen molar-refractivity contribution in [1.82, 2.24) is 15.1 Å². The number of carbonyl (C=O) groups excluding carboxylic acids is 2. The van der Waals surface area contributed by atoms with Crippen molar-refractivity contribution in [1.29, 1.82) is 0 Å². The Labute approximate surface area is 117 Å². The predicted octanol–water partition coefficient (Wildman–Crippen LogP) is -0.650. The second-order valence-corrected chi connectivity index (χ2v) is 4.70. The number of nitrogens with one attached hydrogen (secondary N) is 1. The zero-order chi connectivity index (χ0) is 15.1. The zero-order valence-corrected chi connectivity index (χ0v) is 11.8. The van der Waals surface area contributed by atoms with Gasteiger partial charge in [-0.2, -0.15) is 0 Å². The first-order valence-corrected chi connectivity index (χ1v) is 6.51. The van der Waals surface area contributed by atoms with Crippen molar-refractivity contribution in [2.24, 2.45) is 0 Å². The van der Waals surface area contributed by atoms with E-state index in [1.807, 2.05) is 0 Å². The molecule has 0 aliphatic carbocycles. The van der Waals surface area contributed by atoms with Gasteiger partial charge in [0.15, 0.2) is 0 Å². The van der Waals surface area contributed by atoms with Crippen LogP contribution in [-0.2, 0) is 14.3 Å². The molecule has 0 radical (unpaired) electrons. The number of carboxylic acids is 1. The zero-order valence-electron chi connectivity index (χ0n) is 11.8. The van der Waals surface area contributed by atoms with E-state index in [9.17, 15) is 14.4 Å². The molecule has 0 saturated carbocycles. The Morgan fingerprint density at radius 3 is 2.55 bits per heavy atom. The summed E-state index contributed by atoms with van der Waals surface area (Å²) >= 11 is 0. The predicted molar refractivity (Wildman–Crippen MR) is 70.3 cm³/mol. The van der Waals surface area contributed by atoms with E-state index in [1.165, 1.54) is 7.11 Å². The Morgan fingerprint density at radius 1 is 1.25 bits per heavy atom. The Morgan fingerprint density at radius 2 is 1.95 bits per heavy atom. The van der Waals surface area contributed by atoms with Gasteiger partial charge in [0.1, 0.15) is 6.04 Å². The van der Waals surface area contributed by atoms with Crippen LogP contribution in [0.15, 0.2) is 0 Å². The van der Waals surface area contributed by atoms with Crippen molar-refractivity contribution >= 4 is 18.0 Å². The van der Waals surface area contributed by atoms with Gasteiger partial charge in [0, 0.05) is 26.2 Å². The Hall–Kier alpha value is -1.83. The van der Waals surface area contributed by atoms with Crippen molar-refractivity contribution in [3.8, 4) is 0 Å². The number of carboxylic acid groups (broad SMARTS) is 1. The fraction of sp³-hybridized carbons (Fsp3) is 0.750. The number of nitrogens with zero attached hydrogens (tertiary/aromatic N) is 2. The van der Waals surface area contributed by atoms with Crippen molar-refractivity contribution in [2.45, 2.75) is 19.4 Å². The summed E-state index contributed by atoms with van der Waals surface area (Å²) in [6.07, 6.45) is 0.702. The molecule has 1 saturated heterocycles. The van der Waals surface area contributed by atoms with Crippen LogP contribution in [0.2, 0.25) is 0 Å². The van der Waals surface area contributed by atoms with E-state index >= 15 is 0 Å². The van der Waals surface area contributed by atoms with Crippen LogP contribution in [0.1, 0.15) is 13.3 Å². The molecule has 1 aliphatic heterocycles. The van der Waals surface area contributed by atoms with Crippen LogP contribution >= 0.6 is 0 Å². The number of rotatable bonds is 4. The van der Waals surface area contributed by atoms with E-state index in [4.69, 9.17) is 5.11 Å². The van der Waals surface area contributed by atoms with E-state index < -0.39 is 18.0 Å². The summed E-state index contributed by atoms with van der Waals surface area (Å²) in [5.41, 5.74) is 0. The number of methoxy groups -OCH3 is 1. The molecule has 0 bridgehead atoms. The number of carbonyl (C=O) groups is 3. The van der Waals surface area contributed by atoms with Crippen molar-refractivity contribution < 1.29 is 24.2 Å². The SMILES string of the molecule is COC(=O)C(C)NC(=O)N1CCCN(CC(=O)O)CC1. The average molecular weight is 287 g/mol. The summed E-state index contributed by atoms with van der Waals surface area (Å²) in [6.45, 7) is 3.66. The lowest BCUT2D eigenvalue weighted by Gasteiger charge is -2.23. The molecule has 8 heteroatoms. The topological polar surface area (TPSA) is 99.2 Å². The third-order valence-corrected chi connectivity index (χ3v) is 3.13. The van der Waals surface area contributed by atoms with Gasteiger partial charge in [-0.15, -0.1) is 0 Å². The van der Waals surface area contributed by atoms with Gasteiger partial charge in [0.05, 0.1) is 13.7 Å². The molecule has 1 rings (SSSR count). The molecule has 1 aliphatic rings. The van der Waals surface area contributed by atoms with Gasteiger partial charge < -0.3 is 20.1 Å². The van der Waals surface area contributed by atoms with E-state index in [2.05, 4.69) is 10.1 Å². The van der Waals surface area contributed by atoms with Gasteiger partial charge in [-0.1, -0.05) is 0 Å². The molecule has 2 N–H and O–H groups in total. The minimum Gasteiger partial charge on any atom is -0.480 e. The summed E-state index contributed by atoms with van der Waals surface area (Å²) < 4.78 is 4.54. The number of hydrogen-bond acceptors (Lipinski definition) is 5. The molecule has 20 heavy (non-hydrogen) atoms. The normalized spacial score (nSPS) is 18.0. The molecule has 0 spiro atoms. The monoisotopic (exact) mass is 287 g/mol. The second kappa shape index (κ2) is 7.68. The lowest BCUT2D eigenvalue weighted by atomic mass is 10.3. The fourth-order valence-corrected chi connectivity index (χ4v) is 2.04. The summed E-state index contributed by atoms with van der Waals surface area (Å²) in [5, 5.41) is 11.3. The molecule has 0 aromatic heterocycles.